The molecule has 138 valence electrons. The highest BCUT2D eigenvalue weighted by molar-refractivity contribution is 6.30. The quantitative estimate of drug-likeness (QED) is 0.619. The fourth-order valence-electron chi connectivity index (χ4n) is 3.83. The molecule has 1 saturated heterocycles. The summed E-state index contributed by atoms with van der Waals surface area (Å²) in [4.78, 5) is 11.7. The van der Waals surface area contributed by atoms with E-state index < -0.39 is 0 Å². The Hall–Kier alpha value is -2.23. The largest absolute Gasteiger partial charge is 0.298 e. The van der Waals surface area contributed by atoms with Gasteiger partial charge < -0.3 is 0 Å². The number of rotatable bonds is 5. The first kappa shape index (κ1) is 18.1. The summed E-state index contributed by atoms with van der Waals surface area (Å²) in [5.74, 6) is 0.501. The van der Waals surface area contributed by atoms with Crippen LogP contribution >= 0.6 is 11.6 Å². The lowest BCUT2D eigenvalue weighted by Gasteiger charge is -2.32. The van der Waals surface area contributed by atoms with Crippen molar-refractivity contribution in [1.82, 2.24) is 14.9 Å². The Morgan fingerprint density at radius 1 is 1.00 bits per heavy atom. The van der Waals surface area contributed by atoms with Crippen LogP contribution in [0, 0.1) is 0 Å². The van der Waals surface area contributed by atoms with Crippen molar-refractivity contribution in [3.05, 3.63) is 94.5 Å². The molecule has 1 fully saturated rings. The average molecular weight is 378 g/mol. The van der Waals surface area contributed by atoms with E-state index in [0.29, 0.717) is 5.92 Å². The monoisotopic (exact) mass is 377 g/mol. The van der Waals surface area contributed by atoms with Gasteiger partial charge >= 0.3 is 0 Å². The molecule has 1 aliphatic heterocycles. The van der Waals surface area contributed by atoms with Gasteiger partial charge in [-0.2, -0.15) is 0 Å². The van der Waals surface area contributed by atoms with Gasteiger partial charge in [-0.25, -0.2) is 0 Å². The molecule has 3 aromatic rings. The van der Waals surface area contributed by atoms with Gasteiger partial charge in [-0.05, 0) is 60.8 Å². The molecule has 0 amide bonds. The van der Waals surface area contributed by atoms with Crippen molar-refractivity contribution in [2.45, 2.75) is 31.7 Å². The van der Waals surface area contributed by atoms with Gasteiger partial charge in [0.1, 0.15) is 0 Å². The molecule has 0 spiro atoms. The zero-order chi connectivity index (χ0) is 18.5. The summed E-state index contributed by atoms with van der Waals surface area (Å²) < 4.78 is 0. The first-order chi connectivity index (χ1) is 13.3. The third-order valence-electron chi connectivity index (χ3n) is 5.18. The number of aromatic nitrogens is 2. The summed E-state index contributed by atoms with van der Waals surface area (Å²) in [7, 11) is 0. The summed E-state index contributed by atoms with van der Waals surface area (Å²) in [5, 5.41) is 0.774. The maximum Gasteiger partial charge on any atom is 0.0450 e. The lowest BCUT2D eigenvalue weighted by molar-refractivity contribution is 0.198. The van der Waals surface area contributed by atoms with Gasteiger partial charge in [-0.15, -0.1) is 0 Å². The molecular formula is C23H24ClN3. The first-order valence-electron chi connectivity index (χ1n) is 9.58. The predicted octanol–water partition coefficient (Wildman–Crippen LogP) is 5.10. The van der Waals surface area contributed by atoms with E-state index in [4.69, 9.17) is 16.6 Å². The normalized spacial score (nSPS) is 17.7. The zero-order valence-corrected chi connectivity index (χ0v) is 16.1. The minimum Gasteiger partial charge on any atom is -0.298 e. The standard InChI is InChI=1S/C23H24ClN3/c24-21-10-8-18(9-11-21)14-22-6-1-7-23(26-22)20-5-3-13-27(17-20)16-19-4-2-12-25-15-19/h1-2,4,6-12,15,20H,3,5,13-14,16-17H2/t20-/m1/s1. The van der Waals surface area contributed by atoms with Gasteiger partial charge in [0.25, 0.3) is 0 Å². The molecule has 0 radical (unpaired) electrons. The van der Waals surface area contributed by atoms with Gasteiger partial charge in [-0.3, -0.25) is 14.9 Å². The molecule has 1 aliphatic rings. The van der Waals surface area contributed by atoms with E-state index in [1.54, 1.807) is 0 Å². The van der Waals surface area contributed by atoms with Gasteiger partial charge in [-0.1, -0.05) is 35.9 Å². The van der Waals surface area contributed by atoms with Crippen LogP contribution in [0.3, 0.4) is 0 Å². The molecule has 0 unspecified atom stereocenters. The minimum atomic E-state index is 0.501. The van der Waals surface area contributed by atoms with Crippen LogP contribution in [0.2, 0.25) is 5.02 Å². The summed E-state index contributed by atoms with van der Waals surface area (Å²) in [5.41, 5.74) is 4.87. The topological polar surface area (TPSA) is 29.0 Å². The highest BCUT2D eigenvalue weighted by atomic mass is 35.5. The van der Waals surface area contributed by atoms with Crippen molar-refractivity contribution in [3.8, 4) is 0 Å². The van der Waals surface area contributed by atoms with Crippen molar-refractivity contribution >= 4 is 11.6 Å². The predicted molar refractivity (Wildman–Crippen MR) is 110 cm³/mol. The van der Waals surface area contributed by atoms with Gasteiger partial charge in [0.2, 0.25) is 0 Å². The fourth-order valence-corrected chi connectivity index (χ4v) is 3.95. The van der Waals surface area contributed by atoms with Crippen LogP contribution in [0.15, 0.2) is 67.0 Å². The Morgan fingerprint density at radius 3 is 2.70 bits per heavy atom. The third kappa shape index (κ3) is 4.94. The Labute approximate surface area is 166 Å². The van der Waals surface area contributed by atoms with Gasteiger partial charge in [0.05, 0.1) is 0 Å². The van der Waals surface area contributed by atoms with E-state index in [1.807, 2.05) is 30.6 Å². The van der Waals surface area contributed by atoms with E-state index in [9.17, 15) is 0 Å². The maximum absolute atomic E-state index is 5.99. The van der Waals surface area contributed by atoms with Crippen molar-refractivity contribution in [2.24, 2.45) is 0 Å². The van der Waals surface area contributed by atoms with Crippen LogP contribution in [0.5, 0.6) is 0 Å². The second-order valence-electron chi connectivity index (χ2n) is 7.29. The number of nitrogens with zero attached hydrogens (tertiary/aromatic N) is 3. The van der Waals surface area contributed by atoms with Crippen molar-refractivity contribution < 1.29 is 0 Å². The Bertz CT molecular complexity index is 864. The second-order valence-corrected chi connectivity index (χ2v) is 7.73. The Balaban J connectivity index is 1.43. The molecule has 3 nitrogen and oxygen atoms in total. The summed E-state index contributed by atoms with van der Waals surface area (Å²) in [6.45, 7) is 3.18. The van der Waals surface area contributed by atoms with Gasteiger partial charge in [0.15, 0.2) is 0 Å². The van der Waals surface area contributed by atoms with Crippen LogP contribution in [0.4, 0.5) is 0 Å². The Morgan fingerprint density at radius 2 is 1.89 bits per heavy atom. The molecule has 1 atom stereocenters. The number of hydrogen-bond donors (Lipinski definition) is 0. The maximum atomic E-state index is 5.99. The van der Waals surface area contributed by atoms with Crippen LogP contribution in [0.25, 0.3) is 0 Å². The number of hydrogen-bond acceptors (Lipinski definition) is 3. The molecule has 4 rings (SSSR count). The molecule has 0 bridgehead atoms. The van der Waals surface area contributed by atoms with Crippen LogP contribution in [0.1, 0.15) is 41.3 Å². The lowest BCUT2D eigenvalue weighted by atomic mass is 9.93. The van der Waals surface area contributed by atoms with Crippen LogP contribution in [-0.2, 0) is 13.0 Å². The summed E-state index contributed by atoms with van der Waals surface area (Å²) >= 11 is 5.99. The molecule has 0 aliphatic carbocycles. The van der Waals surface area contributed by atoms with Crippen molar-refractivity contribution in [2.75, 3.05) is 13.1 Å². The van der Waals surface area contributed by atoms with E-state index in [2.05, 4.69) is 46.3 Å². The highest BCUT2D eigenvalue weighted by Crippen LogP contribution is 2.27. The highest BCUT2D eigenvalue weighted by Gasteiger charge is 2.22. The van der Waals surface area contributed by atoms with E-state index in [-0.39, 0.29) is 0 Å². The number of piperidine rings is 1. The van der Waals surface area contributed by atoms with E-state index in [1.165, 1.54) is 29.7 Å². The first-order valence-corrected chi connectivity index (χ1v) is 9.95. The van der Waals surface area contributed by atoms with E-state index in [0.717, 1.165) is 36.8 Å². The molecule has 3 heterocycles. The smallest absolute Gasteiger partial charge is 0.0450 e. The van der Waals surface area contributed by atoms with Crippen LogP contribution < -0.4 is 0 Å². The number of likely N-dealkylation sites (tertiary alicyclic amines) is 1. The fraction of sp³-hybridized carbons (Fsp3) is 0.304. The van der Waals surface area contributed by atoms with Gasteiger partial charge in [0, 0.05) is 54.2 Å². The number of benzene rings is 1. The summed E-state index contributed by atoms with van der Waals surface area (Å²) in [6.07, 6.45) is 7.07. The van der Waals surface area contributed by atoms with Crippen molar-refractivity contribution in [3.63, 3.8) is 0 Å². The molecular weight excluding hydrogens is 354 g/mol. The second kappa shape index (κ2) is 8.64. The lowest BCUT2D eigenvalue weighted by Crippen LogP contribution is -2.34. The number of pyridine rings is 2. The molecule has 1 aromatic carbocycles. The minimum absolute atomic E-state index is 0.501. The SMILES string of the molecule is Clc1ccc(Cc2cccc([C@@H]3CCCN(Cc4cccnc4)C3)n2)cc1. The molecule has 4 heteroatoms. The number of halogens is 1. The van der Waals surface area contributed by atoms with Crippen molar-refractivity contribution in [1.29, 1.82) is 0 Å². The molecule has 2 aromatic heterocycles. The van der Waals surface area contributed by atoms with E-state index >= 15 is 0 Å². The third-order valence-corrected chi connectivity index (χ3v) is 5.43. The molecule has 0 saturated carbocycles. The Kier molecular flexibility index (Phi) is 5.81. The average Bonchev–Trinajstić information content (AvgIpc) is 2.71. The van der Waals surface area contributed by atoms with Crippen LogP contribution in [-0.4, -0.2) is 28.0 Å². The molecule has 27 heavy (non-hydrogen) atoms. The molecule has 0 N–H and O–H groups in total. The summed E-state index contributed by atoms with van der Waals surface area (Å²) in [6, 6.07) is 18.7. The zero-order valence-electron chi connectivity index (χ0n) is 15.4.